The summed E-state index contributed by atoms with van der Waals surface area (Å²) in [7, 11) is 0. The molecule has 0 atom stereocenters. The molecule has 0 saturated carbocycles. The third-order valence-electron chi connectivity index (χ3n) is 4.74. The quantitative estimate of drug-likeness (QED) is 0.788. The lowest BCUT2D eigenvalue weighted by atomic mass is 10.00. The molecule has 4 nitrogen and oxygen atoms in total. The number of anilines is 3. The first-order valence-corrected chi connectivity index (χ1v) is 9.23. The molecule has 1 aliphatic heterocycles. The summed E-state index contributed by atoms with van der Waals surface area (Å²) in [5.41, 5.74) is 4.27. The van der Waals surface area contributed by atoms with Gasteiger partial charge in [-0.15, -0.1) is 0 Å². The average molecular weight is 337 g/mol. The fraction of sp³-hybridized carbons (Fsp3) is 0.429. The summed E-state index contributed by atoms with van der Waals surface area (Å²) < 4.78 is 0. The number of unbranched alkanes of at least 4 members (excludes halogenated alkanes) is 1. The molecule has 0 bridgehead atoms. The van der Waals surface area contributed by atoms with Crippen molar-refractivity contribution in [3.8, 4) is 0 Å². The first kappa shape index (κ1) is 17.5. The van der Waals surface area contributed by atoms with E-state index in [0.29, 0.717) is 13.0 Å². The van der Waals surface area contributed by atoms with Crippen LogP contribution in [0, 0.1) is 6.92 Å². The highest BCUT2D eigenvalue weighted by molar-refractivity contribution is 5.94. The number of carbonyl (C=O) groups is 1. The lowest BCUT2D eigenvalue weighted by Gasteiger charge is -2.34. The molecular formula is C21H27N3O. The van der Waals surface area contributed by atoms with Crippen LogP contribution < -0.4 is 9.80 Å². The number of rotatable bonds is 6. The van der Waals surface area contributed by atoms with Crippen molar-refractivity contribution in [1.82, 2.24) is 4.98 Å². The molecule has 1 aromatic heterocycles. The molecule has 0 saturated heterocycles. The van der Waals surface area contributed by atoms with Gasteiger partial charge in [0.1, 0.15) is 5.82 Å². The van der Waals surface area contributed by atoms with Crippen LogP contribution in [-0.2, 0) is 11.2 Å². The Morgan fingerprint density at radius 2 is 1.96 bits per heavy atom. The van der Waals surface area contributed by atoms with Crippen molar-refractivity contribution in [3.05, 3.63) is 47.7 Å². The Balaban J connectivity index is 2.09. The van der Waals surface area contributed by atoms with Crippen molar-refractivity contribution in [2.45, 2.75) is 40.0 Å². The molecule has 25 heavy (non-hydrogen) atoms. The van der Waals surface area contributed by atoms with Gasteiger partial charge in [-0.3, -0.25) is 4.79 Å². The Morgan fingerprint density at radius 3 is 2.64 bits per heavy atom. The largest absolute Gasteiger partial charge is 0.371 e. The van der Waals surface area contributed by atoms with Gasteiger partial charge in [0.25, 0.3) is 0 Å². The maximum atomic E-state index is 12.5. The molecule has 0 amide bonds. The number of aryl methyl sites for hydroxylation is 1. The molecule has 0 radical (unpaired) electrons. The van der Waals surface area contributed by atoms with Crippen molar-refractivity contribution >= 4 is 23.0 Å². The highest BCUT2D eigenvalue weighted by Crippen LogP contribution is 2.37. The van der Waals surface area contributed by atoms with E-state index >= 15 is 0 Å². The number of nitrogens with zero attached hydrogens (tertiary/aromatic N) is 3. The van der Waals surface area contributed by atoms with E-state index in [1.165, 1.54) is 5.69 Å². The molecule has 0 spiro atoms. The van der Waals surface area contributed by atoms with Crippen LogP contribution in [0.15, 0.2) is 36.4 Å². The number of pyridine rings is 1. The number of hydrogen-bond donors (Lipinski definition) is 0. The smallest absolute Gasteiger partial charge is 0.157 e. The van der Waals surface area contributed by atoms with E-state index in [1.807, 2.05) is 37.3 Å². The number of benzene rings is 1. The van der Waals surface area contributed by atoms with Crippen LogP contribution in [0.25, 0.3) is 0 Å². The Bertz CT molecular complexity index is 742. The molecule has 0 N–H and O–H groups in total. The highest BCUT2D eigenvalue weighted by Gasteiger charge is 2.28. The summed E-state index contributed by atoms with van der Waals surface area (Å²) in [6, 6.07) is 12.2. The van der Waals surface area contributed by atoms with Gasteiger partial charge in [-0.1, -0.05) is 31.5 Å². The van der Waals surface area contributed by atoms with Crippen molar-refractivity contribution in [2.24, 2.45) is 0 Å². The van der Waals surface area contributed by atoms with Crippen LogP contribution in [0.2, 0.25) is 0 Å². The predicted molar refractivity (Wildman–Crippen MR) is 104 cm³/mol. The number of fused-ring (bicyclic) bond motifs is 1. The summed E-state index contributed by atoms with van der Waals surface area (Å²) in [6.07, 6.45) is 2.79. The number of para-hydroxylation sites is 1. The normalized spacial score (nSPS) is 13.7. The Labute approximate surface area is 150 Å². The maximum absolute atomic E-state index is 12.5. The number of ketones is 1. The minimum Gasteiger partial charge on any atom is -0.371 e. The fourth-order valence-corrected chi connectivity index (χ4v) is 3.47. The summed E-state index contributed by atoms with van der Waals surface area (Å²) >= 11 is 0. The molecular weight excluding hydrogens is 310 g/mol. The highest BCUT2D eigenvalue weighted by atomic mass is 16.1. The van der Waals surface area contributed by atoms with Gasteiger partial charge in [0.2, 0.25) is 0 Å². The lowest BCUT2D eigenvalue weighted by Crippen LogP contribution is -2.35. The van der Waals surface area contributed by atoms with Crippen molar-refractivity contribution in [2.75, 3.05) is 29.4 Å². The Hall–Kier alpha value is -2.36. The van der Waals surface area contributed by atoms with E-state index in [-0.39, 0.29) is 5.78 Å². The van der Waals surface area contributed by atoms with Gasteiger partial charge in [0.15, 0.2) is 5.78 Å². The van der Waals surface area contributed by atoms with E-state index in [1.54, 1.807) is 0 Å². The zero-order chi connectivity index (χ0) is 17.8. The average Bonchev–Trinajstić information content (AvgIpc) is 2.63. The lowest BCUT2D eigenvalue weighted by molar-refractivity contribution is -0.117. The summed E-state index contributed by atoms with van der Waals surface area (Å²) in [5.74, 6) is 1.19. The van der Waals surface area contributed by atoms with Crippen LogP contribution in [0.1, 0.15) is 37.9 Å². The number of aromatic nitrogens is 1. The molecule has 3 rings (SSSR count). The molecule has 4 heteroatoms. The second-order valence-corrected chi connectivity index (χ2v) is 6.66. The van der Waals surface area contributed by atoms with Gasteiger partial charge in [0, 0.05) is 42.1 Å². The monoisotopic (exact) mass is 337 g/mol. The van der Waals surface area contributed by atoms with E-state index in [4.69, 9.17) is 4.98 Å². The van der Waals surface area contributed by atoms with Gasteiger partial charge >= 0.3 is 0 Å². The van der Waals surface area contributed by atoms with Gasteiger partial charge in [-0.2, -0.15) is 0 Å². The van der Waals surface area contributed by atoms with Crippen molar-refractivity contribution in [3.63, 3.8) is 0 Å². The van der Waals surface area contributed by atoms with E-state index in [2.05, 4.69) is 29.7 Å². The minimum absolute atomic E-state index is 0.245. The molecule has 0 aliphatic carbocycles. The molecule has 2 aromatic rings. The zero-order valence-electron chi connectivity index (χ0n) is 15.5. The van der Waals surface area contributed by atoms with Gasteiger partial charge < -0.3 is 9.80 Å². The minimum atomic E-state index is 0.245. The second-order valence-electron chi connectivity index (χ2n) is 6.66. The molecule has 1 aliphatic rings. The van der Waals surface area contributed by atoms with Crippen molar-refractivity contribution in [1.29, 1.82) is 0 Å². The SMILES string of the molecule is CCCCN(CC)c1cc(C)nc2c1CC(=O)CN2c1ccccc1. The van der Waals surface area contributed by atoms with Crippen LogP contribution >= 0.6 is 0 Å². The Morgan fingerprint density at radius 1 is 1.20 bits per heavy atom. The topological polar surface area (TPSA) is 36.4 Å². The molecule has 1 aromatic carbocycles. The predicted octanol–water partition coefficient (Wildman–Crippen LogP) is 4.28. The first-order chi connectivity index (χ1) is 12.1. The van der Waals surface area contributed by atoms with Crippen molar-refractivity contribution < 1.29 is 4.79 Å². The molecule has 0 unspecified atom stereocenters. The number of Topliss-reactive ketones (excluding diaryl/α,β-unsaturated/α-hetero) is 1. The first-order valence-electron chi connectivity index (χ1n) is 9.23. The standard InChI is InChI=1S/C21H27N3O/c1-4-6-12-23(5-2)20-13-16(3)22-21-19(20)14-18(25)15-24(21)17-10-8-7-9-11-17/h7-11,13H,4-6,12,14-15H2,1-3H3. The van der Waals surface area contributed by atoms with Gasteiger partial charge in [-0.05, 0) is 38.5 Å². The van der Waals surface area contributed by atoms with Crippen LogP contribution in [0.5, 0.6) is 0 Å². The third kappa shape index (κ3) is 3.68. The number of hydrogen-bond acceptors (Lipinski definition) is 4. The summed E-state index contributed by atoms with van der Waals surface area (Å²) in [5, 5.41) is 0. The third-order valence-corrected chi connectivity index (χ3v) is 4.74. The maximum Gasteiger partial charge on any atom is 0.157 e. The van der Waals surface area contributed by atoms with E-state index < -0.39 is 0 Å². The van der Waals surface area contributed by atoms with Crippen LogP contribution in [-0.4, -0.2) is 30.4 Å². The van der Waals surface area contributed by atoms with E-state index in [9.17, 15) is 4.79 Å². The van der Waals surface area contributed by atoms with Gasteiger partial charge in [-0.25, -0.2) is 4.98 Å². The van der Waals surface area contributed by atoms with Crippen LogP contribution in [0.3, 0.4) is 0 Å². The van der Waals surface area contributed by atoms with E-state index in [0.717, 1.165) is 48.7 Å². The second kappa shape index (κ2) is 7.68. The molecule has 0 fully saturated rings. The Kier molecular flexibility index (Phi) is 5.37. The summed E-state index contributed by atoms with van der Waals surface area (Å²) in [6.45, 7) is 8.78. The summed E-state index contributed by atoms with van der Waals surface area (Å²) in [4.78, 5) is 21.7. The number of carbonyl (C=O) groups excluding carboxylic acids is 1. The van der Waals surface area contributed by atoms with Gasteiger partial charge in [0.05, 0.1) is 6.54 Å². The molecule has 2 heterocycles. The molecule has 132 valence electrons. The fourth-order valence-electron chi connectivity index (χ4n) is 3.47. The van der Waals surface area contributed by atoms with Crippen LogP contribution in [0.4, 0.5) is 17.2 Å². The zero-order valence-corrected chi connectivity index (χ0v) is 15.5.